The number of carbonyl (C=O) groups is 1. The van der Waals surface area contributed by atoms with Gasteiger partial charge in [-0.3, -0.25) is 10.1 Å². The van der Waals surface area contributed by atoms with Gasteiger partial charge < -0.3 is 9.47 Å². The van der Waals surface area contributed by atoms with Crippen LogP contribution in [0, 0.1) is 0 Å². The fourth-order valence-corrected chi connectivity index (χ4v) is 3.19. The summed E-state index contributed by atoms with van der Waals surface area (Å²) in [6, 6.07) is 14.9. The number of carbonyl (C=O) groups excluding carboxylic acids is 1. The molecule has 11 heteroatoms. The molecule has 3 N–H and O–H groups in total. The van der Waals surface area contributed by atoms with E-state index < -0.39 is 0 Å². The lowest BCUT2D eigenvalue weighted by Crippen LogP contribution is -2.18. The van der Waals surface area contributed by atoms with Crippen molar-refractivity contribution in [3.63, 3.8) is 0 Å². The highest BCUT2D eigenvalue weighted by Gasteiger charge is 2.17. The normalized spacial score (nSPS) is 11.8. The maximum absolute atomic E-state index is 13.2. The number of aromatic nitrogens is 6. The number of benzene rings is 2. The summed E-state index contributed by atoms with van der Waals surface area (Å²) in [5.74, 6) is 1.33. The van der Waals surface area contributed by atoms with Gasteiger partial charge in [0.05, 0.1) is 19.9 Å². The third-order valence-corrected chi connectivity index (χ3v) is 4.80. The molecular formula is C23H22N8O3. The van der Waals surface area contributed by atoms with E-state index in [1.807, 2.05) is 36.4 Å². The van der Waals surface area contributed by atoms with Crippen LogP contribution in [0.25, 0.3) is 6.08 Å². The van der Waals surface area contributed by atoms with Gasteiger partial charge in [0.15, 0.2) is 11.5 Å². The lowest BCUT2D eigenvalue weighted by Gasteiger charge is -2.12. The summed E-state index contributed by atoms with van der Waals surface area (Å²) in [5, 5.41) is 15.7. The summed E-state index contributed by atoms with van der Waals surface area (Å²) >= 11 is 0. The minimum absolute atomic E-state index is 0.193. The average molecular weight is 458 g/mol. The Morgan fingerprint density at radius 2 is 1.76 bits per heavy atom. The van der Waals surface area contributed by atoms with Crippen LogP contribution < -0.4 is 14.8 Å². The predicted octanol–water partition coefficient (Wildman–Crippen LogP) is 3.17. The van der Waals surface area contributed by atoms with Gasteiger partial charge in [-0.1, -0.05) is 36.4 Å². The van der Waals surface area contributed by atoms with Crippen LogP contribution in [-0.4, -0.2) is 56.2 Å². The van der Waals surface area contributed by atoms with Crippen molar-refractivity contribution >= 4 is 29.6 Å². The molecule has 2 aromatic carbocycles. The molecule has 4 aromatic rings. The SMILES string of the molecule is COc1ccc(/C=C(/C/C(=N\c2ncn[nH]2)c2ccccc2)C(=O)Nc2ncn[nH]2)cc1OC. The first-order chi connectivity index (χ1) is 16.7. The number of nitrogens with zero attached hydrogens (tertiary/aromatic N) is 5. The number of nitrogens with one attached hydrogen (secondary N) is 3. The first kappa shape index (κ1) is 22.4. The van der Waals surface area contributed by atoms with Gasteiger partial charge in [-0.2, -0.15) is 20.2 Å². The van der Waals surface area contributed by atoms with Crippen molar-refractivity contribution in [3.05, 3.63) is 77.9 Å². The molecule has 2 aromatic heterocycles. The molecule has 172 valence electrons. The van der Waals surface area contributed by atoms with E-state index in [-0.39, 0.29) is 18.3 Å². The van der Waals surface area contributed by atoms with Crippen LogP contribution in [-0.2, 0) is 4.79 Å². The van der Waals surface area contributed by atoms with Crippen molar-refractivity contribution in [2.75, 3.05) is 19.5 Å². The maximum atomic E-state index is 13.2. The van der Waals surface area contributed by atoms with E-state index >= 15 is 0 Å². The number of aromatic amines is 2. The number of hydrogen-bond donors (Lipinski definition) is 3. The van der Waals surface area contributed by atoms with E-state index in [4.69, 9.17) is 9.47 Å². The Balaban J connectivity index is 1.75. The number of aliphatic imine (C=N–C) groups is 1. The van der Waals surface area contributed by atoms with E-state index in [0.717, 1.165) is 11.1 Å². The first-order valence-corrected chi connectivity index (χ1v) is 10.2. The van der Waals surface area contributed by atoms with Crippen LogP contribution in [0.5, 0.6) is 11.5 Å². The molecule has 4 rings (SSSR count). The summed E-state index contributed by atoms with van der Waals surface area (Å²) in [4.78, 5) is 25.9. The van der Waals surface area contributed by atoms with Crippen LogP contribution >= 0.6 is 0 Å². The van der Waals surface area contributed by atoms with Crippen LogP contribution in [0.2, 0.25) is 0 Å². The molecule has 0 atom stereocenters. The molecule has 0 aliphatic heterocycles. The molecule has 1 amide bonds. The quantitative estimate of drug-likeness (QED) is 0.258. The fourth-order valence-electron chi connectivity index (χ4n) is 3.19. The molecule has 2 heterocycles. The zero-order valence-electron chi connectivity index (χ0n) is 18.5. The minimum atomic E-state index is -0.368. The Bertz CT molecular complexity index is 1280. The average Bonchev–Trinajstić information content (AvgIpc) is 3.58. The monoisotopic (exact) mass is 458 g/mol. The maximum Gasteiger partial charge on any atom is 0.254 e. The van der Waals surface area contributed by atoms with Crippen molar-refractivity contribution in [3.8, 4) is 11.5 Å². The molecule has 34 heavy (non-hydrogen) atoms. The van der Waals surface area contributed by atoms with Gasteiger partial charge in [0, 0.05) is 12.0 Å². The van der Waals surface area contributed by atoms with Crippen LogP contribution in [0.4, 0.5) is 11.9 Å². The zero-order chi connectivity index (χ0) is 23.8. The van der Waals surface area contributed by atoms with Crippen molar-refractivity contribution in [2.45, 2.75) is 6.42 Å². The largest absolute Gasteiger partial charge is 0.493 e. The topological polar surface area (TPSA) is 143 Å². The number of anilines is 1. The summed E-state index contributed by atoms with van der Waals surface area (Å²) in [5.41, 5.74) is 2.62. The highest BCUT2D eigenvalue weighted by Crippen LogP contribution is 2.29. The minimum Gasteiger partial charge on any atom is -0.493 e. The summed E-state index contributed by atoms with van der Waals surface area (Å²) < 4.78 is 10.7. The first-order valence-electron chi connectivity index (χ1n) is 10.2. The molecule has 0 aliphatic rings. The lowest BCUT2D eigenvalue weighted by molar-refractivity contribution is -0.112. The lowest BCUT2D eigenvalue weighted by atomic mass is 9.99. The molecule has 0 bridgehead atoms. The second-order valence-electron chi connectivity index (χ2n) is 6.98. The van der Waals surface area contributed by atoms with Gasteiger partial charge in [-0.05, 0) is 29.3 Å². The van der Waals surface area contributed by atoms with Crippen LogP contribution in [0.15, 0.2) is 71.8 Å². The Morgan fingerprint density at radius 1 is 1.00 bits per heavy atom. The predicted molar refractivity (Wildman–Crippen MR) is 126 cm³/mol. The van der Waals surface area contributed by atoms with E-state index in [9.17, 15) is 4.79 Å². The van der Waals surface area contributed by atoms with E-state index in [0.29, 0.717) is 28.7 Å². The molecule has 0 saturated carbocycles. The molecule has 0 saturated heterocycles. The van der Waals surface area contributed by atoms with Crippen molar-refractivity contribution in [2.24, 2.45) is 4.99 Å². The van der Waals surface area contributed by atoms with E-state index in [1.165, 1.54) is 12.7 Å². The molecule has 0 fully saturated rings. The summed E-state index contributed by atoms with van der Waals surface area (Å²) in [6.45, 7) is 0. The number of rotatable bonds is 9. The summed E-state index contributed by atoms with van der Waals surface area (Å²) in [7, 11) is 3.12. The zero-order valence-corrected chi connectivity index (χ0v) is 18.5. The molecule has 0 spiro atoms. The third-order valence-electron chi connectivity index (χ3n) is 4.80. The van der Waals surface area contributed by atoms with Gasteiger partial charge in [0.2, 0.25) is 11.9 Å². The van der Waals surface area contributed by atoms with Gasteiger partial charge >= 0.3 is 0 Å². The van der Waals surface area contributed by atoms with Crippen molar-refractivity contribution in [1.29, 1.82) is 0 Å². The second kappa shape index (κ2) is 10.7. The highest BCUT2D eigenvalue weighted by molar-refractivity contribution is 6.13. The number of H-pyrrole nitrogens is 2. The molecule has 0 radical (unpaired) electrons. The number of methoxy groups -OCH3 is 2. The van der Waals surface area contributed by atoms with Gasteiger partial charge in [0.1, 0.15) is 12.7 Å². The molecular weight excluding hydrogens is 436 g/mol. The molecule has 0 unspecified atom stereocenters. The third kappa shape index (κ3) is 5.51. The van der Waals surface area contributed by atoms with Gasteiger partial charge in [0.25, 0.3) is 5.91 Å². The van der Waals surface area contributed by atoms with Crippen LogP contribution in [0.3, 0.4) is 0 Å². The van der Waals surface area contributed by atoms with Crippen LogP contribution in [0.1, 0.15) is 17.5 Å². The molecule has 11 nitrogen and oxygen atoms in total. The standard InChI is InChI=1S/C23H22N8O3/c1-33-19-9-8-15(11-20(19)34-2)10-17(21(32)29-23-25-14-27-31-23)12-18(16-6-4-3-5-7-16)28-22-24-13-26-30-22/h3-11,13-14H,12H2,1-2H3,(H,24,26,30)(H2,25,27,29,31,32)/b17-10-,28-18+. The van der Waals surface area contributed by atoms with E-state index in [1.54, 1.807) is 32.4 Å². The number of ether oxygens (including phenoxy) is 2. The fraction of sp³-hybridized carbons (Fsp3) is 0.130. The Kier molecular flexibility index (Phi) is 7.03. The van der Waals surface area contributed by atoms with E-state index in [2.05, 4.69) is 40.7 Å². The second-order valence-corrected chi connectivity index (χ2v) is 6.98. The van der Waals surface area contributed by atoms with Crippen molar-refractivity contribution < 1.29 is 14.3 Å². The Hall–Kier alpha value is -4.80. The summed E-state index contributed by atoms with van der Waals surface area (Å²) in [6.07, 6.45) is 4.64. The van der Waals surface area contributed by atoms with Gasteiger partial charge in [-0.15, -0.1) is 0 Å². The molecule has 0 aliphatic carbocycles. The van der Waals surface area contributed by atoms with Gasteiger partial charge in [-0.25, -0.2) is 15.2 Å². The smallest absolute Gasteiger partial charge is 0.254 e. The Labute approximate surface area is 195 Å². The Morgan fingerprint density at radius 3 is 2.44 bits per heavy atom. The highest BCUT2D eigenvalue weighted by atomic mass is 16.5. The number of amides is 1. The number of hydrogen-bond acceptors (Lipinski definition) is 8. The van der Waals surface area contributed by atoms with Crippen molar-refractivity contribution in [1.82, 2.24) is 30.4 Å².